The van der Waals surface area contributed by atoms with E-state index in [4.69, 9.17) is 0 Å². The molecule has 0 aromatic rings. The fraction of sp³-hybridized carbons (Fsp3) is 0.900. The van der Waals surface area contributed by atoms with Crippen molar-refractivity contribution in [2.24, 2.45) is 17.3 Å². The quantitative estimate of drug-likeness (QED) is 0.809. The van der Waals surface area contributed by atoms with Crippen LogP contribution in [0.2, 0.25) is 0 Å². The van der Waals surface area contributed by atoms with Gasteiger partial charge in [0.2, 0.25) is 17.7 Å². The van der Waals surface area contributed by atoms with E-state index >= 15 is 0 Å². The summed E-state index contributed by atoms with van der Waals surface area (Å²) in [5, 5.41) is 3.02. The van der Waals surface area contributed by atoms with Gasteiger partial charge in [-0.3, -0.25) is 9.59 Å². The van der Waals surface area contributed by atoms with Crippen molar-refractivity contribution in [3.63, 3.8) is 0 Å². The number of carbonyl (C=O) groups excluding carboxylic acids is 2. The highest BCUT2D eigenvalue weighted by Crippen LogP contribution is 2.48. The highest BCUT2D eigenvalue weighted by atomic mass is 19.3. The van der Waals surface area contributed by atoms with Crippen LogP contribution in [-0.4, -0.2) is 66.8 Å². The summed E-state index contributed by atoms with van der Waals surface area (Å²) in [6.45, 7) is 6.68. The van der Waals surface area contributed by atoms with Crippen LogP contribution in [0.5, 0.6) is 0 Å². The molecule has 2 heterocycles. The summed E-state index contributed by atoms with van der Waals surface area (Å²) in [7, 11) is 2.10. The predicted octanol–water partition coefficient (Wildman–Crippen LogP) is 2.51. The van der Waals surface area contributed by atoms with Crippen LogP contribution in [0.25, 0.3) is 0 Å². The summed E-state index contributed by atoms with van der Waals surface area (Å²) < 4.78 is 26.6. The number of carbonyl (C=O) groups is 2. The van der Waals surface area contributed by atoms with Crippen LogP contribution >= 0.6 is 0 Å². The average Bonchev–Trinajstić information content (AvgIpc) is 2.60. The highest BCUT2D eigenvalue weighted by Gasteiger charge is 2.53. The molecule has 0 aromatic carbocycles. The molecule has 2 aliphatic heterocycles. The minimum Gasteiger partial charge on any atom is -0.354 e. The molecule has 154 valence electrons. The lowest BCUT2D eigenvalue weighted by atomic mass is 9.66. The first-order chi connectivity index (χ1) is 12.6. The van der Waals surface area contributed by atoms with Crippen LogP contribution in [0.15, 0.2) is 0 Å². The molecule has 1 aliphatic carbocycles. The number of hydrogen-bond donors (Lipinski definition) is 1. The normalized spacial score (nSPS) is 28.2. The molecule has 3 fully saturated rings. The van der Waals surface area contributed by atoms with Crippen LogP contribution in [-0.2, 0) is 9.59 Å². The Labute approximate surface area is 160 Å². The van der Waals surface area contributed by atoms with E-state index in [1.54, 1.807) is 0 Å². The van der Waals surface area contributed by atoms with Crippen molar-refractivity contribution >= 4 is 11.8 Å². The number of piperidine rings is 2. The monoisotopic (exact) mass is 385 g/mol. The van der Waals surface area contributed by atoms with E-state index in [1.165, 1.54) is 0 Å². The lowest BCUT2D eigenvalue weighted by molar-refractivity contribution is -0.168. The van der Waals surface area contributed by atoms with Gasteiger partial charge in [-0.1, -0.05) is 13.8 Å². The van der Waals surface area contributed by atoms with Gasteiger partial charge in [0.05, 0.1) is 6.04 Å². The van der Waals surface area contributed by atoms with E-state index in [9.17, 15) is 18.4 Å². The summed E-state index contributed by atoms with van der Waals surface area (Å²) in [6, 6.07) is -0.0932. The van der Waals surface area contributed by atoms with Crippen molar-refractivity contribution in [2.75, 3.05) is 33.2 Å². The molecule has 1 unspecified atom stereocenters. The van der Waals surface area contributed by atoms with Crippen molar-refractivity contribution in [3.8, 4) is 0 Å². The number of amides is 2. The maximum atomic E-state index is 13.3. The molecule has 0 radical (unpaired) electrons. The third-order valence-electron chi connectivity index (χ3n) is 6.86. The molecule has 1 spiro atoms. The molecule has 0 aromatic heterocycles. The number of hydrogen-bond acceptors (Lipinski definition) is 3. The molecule has 1 N–H and O–H groups in total. The number of nitrogens with zero attached hydrogens (tertiary/aromatic N) is 2. The molecular formula is C20H33F2N3O2. The van der Waals surface area contributed by atoms with E-state index in [-0.39, 0.29) is 42.0 Å². The fourth-order valence-corrected chi connectivity index (χ4v) is 4.96. The molecule has 7 heteroatoms. The molecule has 0 bridgehead atoms. The predicted molar refractivity (Wildman–Crippen MR) is 99.4 cm³/mol. The van der Waals surface area contributed by atoms with Crippen LogP contribution in [0.3, 0.4) is 0 Å². The number of nitrogens with one attached hydrogen (secondary N) is 1. The van der Waals surface area contributed by atoms with Gasteiger partial charge in [-0.2, -0.15) is 0 Å². The smallest absolute Gasteiger partial charge is 0.249 e. The van der Waals surface area contributed by atoms with Gasteiger partial charge in [0.15, 0.2) is 0 Å². The molecule has 1 atom stereocenters. The van der Waals surface area contributed by atoms with Gasteiger partial charge in [0.1, 0.15) is 0 Å². The summed E-state index contributed by atoms with van der Waals surface area (Å²) in [4.78, 5) is 29.3. The fourth-order valence-electron chi connectivity index (χ4n) is 4.96. The molecule has 27 heavy (non-hydrogen) atoms. The van der Waals surface area contributed by atoms with Gasteiger partial charge in [0, 0.05) is 37.8 Å². The Balaban J connectivity index is 1.77. The SMILES string of the molecule is CC(C)C(=O)NCC1N(C(=O)C2CC(F)(F)C2)CCCC12CCN(C)CC2. The van der Waals surface area contributed by atoms with E-state index < -0.39 is 11.8 Å². The average molecular weight is 385 g/mol. The Morgan fingerprint density at radius 3 is 2.30 bits per heavy atom. The Kier molecular flexibility index (Phi) is 5.80. The molecular weight excluding hydrogens is 352 g/mol. The zero-order chi connectivity index (χ0) is 19.8. The first-order valence-electron chi connectivity index (χ1n) is 10.3. The lowest BCUT2D eigenvalue weighted by Gasteiger charge is -2.54. The molecule has 3 aliphatic rings. The Morgan fingerprint density at radius 2 is 1.74 bits per heavy atom. The first kappa shape index (κ1) is 20.5. The maximum absolute atomic E-state index is 13.3. The van der Waals surface area contributed by atoms with E-state index in [0.717, 1.165) is 38.8 Å². The third kappa shape index (κ3) is 4.28. The lowest BCUT2D eigenvalue weighted by Crippen LogP contribution is -2.63. The number of alkyl halides is 2. The summed E-state index contributed by atoms with van der Waals surface area (Å²) in [5.41, 5.74) is -0.0169. The van der Waals surface area contributed by atoms with E-state index in [1.807, 2.05) is 18.7 Å². The van der Waals surface area contributed by atoms with Crippen molar-refractivity contribution in [1.29, 1.82) is 0 Å². The van der Waals surface area contributed by atoms with Crippen molar-refractivity contribution in [3.05, 3.63) is 0 Å². The minimum atomic E-state index is -2.69. The molecule has 3 rings (SSSR count). The van der Waals surface area contributed by atoms with Crippen LogP contribution in [0.4, 0.5) is 8.78 Å². The van der Waals surface area contributed by atoms with Crippen LogP contribution < -0.4 is 5.32 Å². The van der Waals surface area contributed by atoms with Gasteiger partial charge >= 0.3 is 0 Å². The summed E-state index contributed by atoms with van der Waals surface area (Å²) in [6.07, 6.45) is 3.25. The zero-order valence-electron chi connectivity index (χ0n) is 16.8. The van der Waals surface area contributed by atoms with E-state index in [0.29, 0.717) is 13.1 Å². The standard InChI is InChI=1S/C20H33F2N3O2/c1-14(2)17(26)23-13-16-19(6-9-24(3)10-7-19)5-4-8-25(16)18(27)15-11-20(21,22)12-15/h14-16H,4-13H2,1-3H3,(H,23,26). The van der Waals surface area contributed by atoms with Crippen LogP contribution in [0.1, 0.15) is 52.4 Å². The molecule has 2 saturated heterocycles. The molecule has 2 amide bonds. The largest absolute Gasteiger partial charge is 0.354 e. The molecule has 1 saturated carbocycles. The van der Waals surface area contributed by atoms with Crippen molar-refractivity contribution in [1.82, 2.24) is 15.1 Å². The Bertz CT molecular complexity index is 566. The van der Waals surface area contributed by atoms with Gasteiger partial charge < -0.3 is 15.1 Å². The first-order valence-corrected chi connectivity index (χ1v) is 10.3. The van der Waals surface area contributed by atoms with Gasteiger partial charge in [-0.15, -0.1) is 0 Å². The third-order valence-corrected chi connectivity index (χ3v) is 6.86. The summed E-state index contributed by atoms with van der Waals surface area (Å²) >= 11 is 0. The minimum absolute atomic E-state index is 0.0169. The molecule has 5 nitrogen and oxygen atoms in total. The number of likely N-dealkylation sites (tertiary alicyclic amines) is 2. The van der Waals surface area contributed by atoms with E-state index in [2.05, 4.69) is 17.3 Å². The summed E-state index contributed by atoms with van der Waals surface area (Å²) in [5.74, 6) is -3.53. The van der Waals surface area contributed by atoms with Crippen LogP contribution in [0, 0.1) is 17.3 Å². The number of rotatable bonds is 4. The Hall–Kier alpha value is -1.24. The second-order valence-corrected chi connectivity index (χ2v) is 9.18. The van der Waals surface area contributed by atoms with Crippen molar-refractivity contribution in [2.45, 2.75) is 64.3 Å². The maximum Gasteiger partial charge on any atom is 0.249 e. The zero-order valence-corrected chi connectivity index (χ0v) is 16.8. The highest BCUT2D eigenvalue weighted by molar-refractivity contribution is 5.81. The van der Waals surface area contributed by atoms with Gasteiger partial charge in [0.25, 0.3) is 0 Å². The second kappa shape index (κ2) is 7.64. The topological polar surface area (TPSA) is 52.7 Å². The number of halogens is 2. The second-order valence-electron chi connectivity index (χ2n) is 9.18. The van der Waals surface area contributed by atoms with Gasteiger partial charge in [-0.25, -0.2) is 8.78 Å². The van der Waals surface area contributed by atoms with Crippen molar-refractivity contribution < 1.29 is 18.4 Å². The van der Waals surface area contributed by atoms with Gasteiger partial charge in [-0.05, 0) is 51.2 Å². The Morgan fingerprint density at radius 1 is 1.11 bits per heavy atom.